The van der Waals surface area contributed by atoms with Gasteiger partial charge in [0.05, 0.1) is 18.7 Å². The molecule has 0 radical (unpaired) electrons. The van der Waals surface area contributed by atoms with Gasteiger partial charge in [0.15, 0.2) is 17.3 Å². The Morgan fingerprint density at radius 1 is 1.33 bits per heavy atom. The van der Waals surface area contributed by atoms with Crippen LogP contribution in [-0.4, -0.2) is 28.4 Å². The van der Waals surface area contributed by atoms with Crippen LogP contribution >= 0.6 is 11.3 Å². The predicted octanol–water partition coefficient (Wildman–Crippen LogP) is 3.34. The first-order valence-corrected chi connectivity index (χ1v) is 8.49. The van der Waals surface area contributed by atoms with E-state index >= 15 is 0 Å². The van der Waals surface area contributed by atoms with Gasteiger partial charge in [-0.15, -0.1) is 11.3 Å². The molecule has 0 bridgehead atoms. The highest BCUT2D eigenvalue weighted by atomic mass is 32.1. The van der Waals surface area contributed by atoms with Gasteiger partial charge in [0.2, 0.25) is 0 Å². The molecule has 1 aliphatic carbocycles. The molecule has 2 aromatic heterocycles. The lowest BCUT2D eigenvalue weighted by atomic mass is 10.2. The Morgan fingerprint density at radius 3 is 3.12 bits per heavy atom. The van der Waals surface area contributed by atoms with Gasteiger partial charge in [0, 0.05) is 4.88 Å². The number of hydrazone groups is 1. The quantitative estimate of drug-likeness (QED) is 0.562. The molecule has 7 heteroatoms. The molecule has 0 amide bonds. The molecule has 4 rings (SSSR count). The van der Waals surface area contributed by atoms with Gasteiger partial charge in [-0.1, -0.05) is 0 Å². The molecule has 122 valence electrons. The summed E-state index contributed by atoms with van der Waals surface area (Å²) in [5.41, 5.74) is 5.20. The van der Waals surface area contributed by atoms with Crippen LogP contribution in [-0.2, 0) is 12.8 Å². The summed E-state index contributed by atoms with van der Waals surface area (Å²) in [6, 6.07) is 5.06. The Hall–Kier alpha value is -2.67. The molecule has 0 atom stereocenters. The SMILES string of the molecule is COc1cc(/C=N\Nc2ncnc3sc4c(c23)CCC4)ccc1O. The highest BCUT2D eigenvalue weighted by Crippen LogP contribution is 2.38. The fourth-order valence-electron chi connectivity index (χ4n) is 2.96. The first-order chi connectivity index (χ1) is 11.8. The number of anilines is 1. The van der Waals surface area contributed by atoms with Gasteiger partial charge in [-0.25, -0.2) is 9.97 Å². The minimum atomic E-state index is 0.106. The maximum atomic E-state index is 9.62. The molecular weight excluding hydrogens is 324 g/mol. The van der Waals surface area contributed by atoms with Crippen LogP contribution in [0.4, 0.5) is 5.82 Å². The second-order valence-corrected chi connectivity index (χ2v) is 6.64. The van der Waals surface area contributed by atoms with Gasteiger partial charge in [0.25, 0.3) is 0 Å². The van der Waals surface area contributed by atoms with E-state index in [9.17, 15) is 5.11 Å². The van der Waals surface area contributed by atoms with Crippen molar-refractivity contribution in [3.8, 4) is 11.5 Å². The lowest BCUT2D eigenvalue weighted by Crippen LogP contribution is -1.96. The van der Waals surface area contributed by atoms with Crippen LogP contribution in [0.1, 0.15) is 22.4 Å². The highest BCUT2D eigenvalue weighted by Gasteiger charge is 2.20. The second kappa shape index (κ2) is 6.09. The number of methoxy groups -OCH3 is 1. The second-order valence-electron chi connectivity index (χ2n) is 5.56. The fourth-order valence-corrected chi connectivity index (χ4v) is 4.18. The van der Waals surface area contributed by atoms with E-state index in [1.807, 2.05) is 0 Å². The molecule has 1 aliphatic rings. The number of aryl methyl sites for hydroxylation is 2. The summed E-state index contributed by atoms with van der Waals surface area (Å²) in [5, 5.41) is 15.0. The molecule has 0 saturated heterocycles. The third-order valence-electron chi connectivity index (χ3n) is 4.09. The third-order valence-corrected chi connectivity index (χ3v) is 5.29. The minimum absolute atomic E-state index is 0.106. The van der Waals surface area contributed by atoms with E-state index in [2.05, 4.69) is 20.5 Å². The van der Waals surface area contributed by atoms with Gasteiger partial charge in [-0.05, 0) is 48.6 Å². The van der Waals surface area contributed by atoms with Crippen LogP contribution in [0.25, 0.3) is 10.2 Å². The largest absolute Gasteiger partial charge is 0.504 e. The molecule has 2 heterocycles. The number of nitrogens with zero attached hydrogens (tertiary/aromatic N) is 3. The van der Waals surface area contributed by atoms with Gasteiger partial charge < -0.3 is 9.84 Å². The lowest BCUT2D eigenvalue weighted by molar-refractivity contribution is 0.373. The summed E-state index contributed by atoms with van der Waals surface area (Å²) in [5.74, 6) is 1.26. The highest BCUT2D eigenvalue weighted by molar-refractivity contribution is 7.19. The van der Waals surface area contributed by atoms with E-state index in [1.54, 1.807) is 42.1 Å². The van der Waals surface area contributed by atoms with Crippen LogP contribution in [0.2, 0.25) is 0 Å². The Kier molecular flexibility index (Phi) is 3.78. The molecule has 0 fully saturated rings. The Labute approximate surface area is 142 Å². The normalized spacial score (nSPS) is 13.5. The molecule has 0 spiro atoms. The van der Waals surface area contributed by atoms with Gasteiger partial charge in [-0.2, -0.15) is 5.10 Å². The molecular formula is C17H16N4O2S. The number of aromatic hydroxyl groups is 1. The molecule has 6 nitrogen and oxygen atoms in total. The first-order valence-electron chi connectivity index (χ1n) is 7.67. The van der Waals surface area contributed by atoms with E-state index in [0.29, 0.717) is 5.75 Å². The number of ether oxygens (including phenoxy) is 1. The van der Waals surface area contributed by atoms with Crippen molar-refractivity contribution < 1.29 is 9.84 Å². The lowest BCUT2D eigenvalue weighted by Gasteiger charge is -2.04. The summed E-state index contributed by atoms with van der Waals surface area (Å²) < 4.78 is 5.10. The Morgan fingerprint density at radius 2 is 2.25 bits per heavy atom. The maximum absolute atomic E-state index is 9.62. The van der Waals surface area contributed by atoms with E-state index in [-0.39, 0.29) is 5.75 Å². The maximum Gasteiger partial charge on any atom is 0.161 e. The average molecular weight is 340 g/mol. The monoisotopic (exact) mass is 340 g/mol. The number of aromatic nitrogens is 2. The molecule has 0 aliphatic heterocycles. The van der Waals surface area contributed by atoms with Crippen molar-refractivity contribution in [1.29, 1.82) is 0 Å². The third kappa shape index (κ3) is 2.56. The Bertz CT molecular complexity index is 936. The molecule has 0 unspecified atom stereocenters. The number of hydrogen-bond acceptors (Lipinski definition) is 7. The van der Waals surface area contributed by atoms with Gasteiger partial charge in [-0.3, -0.25) is 5.43 Å². The number of phenols is 1. The number of fused-ring (bicyclic) bond motifs is 3. The average Bonchev–Trinajstić information content (AvgIpc) is 3.17. The summed E-state index contributed by atoms with van der Waals surface area (Å²) in [4.78, 5) is 11.1. The van der Waals surface area contributed by atoms with Crippen LogP contribution in [0.3, 0.4) is 0 Å². The van der Waals surface area contributed by atoms with E-state index in [1.165, 1.54) is 24.0 Å². The summed E-state index contributed by atoms with van der Waals surface area (Å²) >= 11 is 1.75. The summed E-state index contributed by atoms with van der Waals surface area (Å²) in [6.07, 6.45) is 6.64. The van der Waals surface area contributed by atoms with Crippen LogP contribution in [0.15, 0.2) is 29.6 Å². The molecule has 0 saturated carbocycles. The van der Waals surface area contributed by atoms with Crippen molar-refractivity contribution in [3.05, 3.63) is 40.5 Å². The van der Waals surface area contributed by atoms with Crippen LogP contribution in [0.5, 0.6) is 11.5 Å². The van der Waals surface area contributed by atoms with Crippen molar-refractivity contribution in [2.24, 2.45) is 5.10 Å². The van der Waals surface area contributed by atoms with Crippen molar-refractivity contribution in [3.63, 3.8) is 0 Å². The van der Waals surface area contributed by atoms with E-state index < -0.39 is 0 Å². The zero-order valence-corrected chi connectivity index (χ0v) is 13.9. The van der Waals surface area contributed by atoms with Crippen molar-refractivity contribution in [2.75, 3.05) is 12.5 Å². The van der Waals surface area contributed by atoms with Crippen molar-refractivity contribution in [1.82, 2.24) is 9.97 Å². The van der Waals surface area contributed by atoms with Crippen molar-refractivity contribution in [2.45, 2.75) is 19.3 Å². The number of rotatable bonds is 4. The number of phenolic OH excluding ortho intramolecular Hbond substituents is 1. The van der Waals surface area contributed by atoms with Gasteiger partial charge >= 0.3 is 0 Å². The molecule has 3 aromatic rings. The van der Waals surface area contributed by atoms with Crippen molar-refractivity contribution >= 4 is 33.6 Å². The van der Waals surface area contributed by atoms with Crippen LogP contribution in [0, 0.1) is 0 Å². The van der Waals surface area contributed by atoms with E-state index in [0.717, 1.165) is 34.4 Å². The number of thiophene rings is 1. The topological polar surface area (TPSA) is 79.6 Å². The standard InChI is InChI=1S/C17H16N4O2S/c1-23-13-7-10(5-6-12(13)22)8-20-21-16-15-11-3-2-4-14(11)24-17(15)19-9-18-16/h5-9,22H,2-4H2,1H3,(H,18,19,21)/b20-8-. The zero-order chi connectivity index (χ0) is 16.5. The molecule has 24 heavy (non-hydrogen) atoms. The predicted molar refractivity (Wildman–Crippen MR) is 95.3 cm³/mol. The van der Waals surface area contributed by atoms with Crippen LogP contribution < -0.4 is 10.2 Å². The number of nitrogens with one attached hydrogen (secondary N) is 1. The zero-order valence-electron chi connectivity index (χ0n) is 13.1. The fraction of sp³-hybridized carbons (Fsp3) is 0.235. The first kappa shape index (κ1) is 14.9. The molecule has 2 N–H and O–H groups in total. The van der Waals surface area contributed by atoms with Gasteiger partial charge in [0.1, 0.15) is 11.2 Å². The molecule has 1 aromatic carbocycles. The smallest absolute Gasteiger partial charge is 0.161 e. The minimum Gasteiger partial charge on any atom is -0.504 e. The summed E-state index contributed by atoms with van der Waals surface area (Å²) in [6.45, 7) is 0. The van der Waals surface area contributed by atoms with E-state index in [4.69, 9.17) is 4.74 Å². The number of hydrogen-bond donors (Lipinski definition) is 2. The summed E-state index contributed by atoms with van der Waals surface area (Å²) in [7, 11) is 1.52. The Balaban J connectivity index is 1.61. The number of benzene rings is 1.